The number of methoxy groups -OCH3 is 1. The smallest absolute Gasteiger partial charge is 0.340 e. The molecule has 1 aromatic carbocycles. The first-order valence-electron chi connectivity index (χ1n) is 4.64. The average Bonchev–Trinajstić information content (AvgIpc) is 2.28. The highest BCUT2D eigenvalue weighted by atomic mass is 35.5. The SMILES string of the molecule is CCOC(=O)c1c(C=O)ccc(OC)c1Cl. The maximum Gasteiger partial charge on any atom is 0.340 e. The minimum Gasteiger partial charge on any atom is -0.495 e. The molecule has 0 aromatic heterocycles. The first kappa shape index (κ1) is 12.5. The van der Waals surface area contributed by atoms with Crippen LogP contribution in [-0.2, 0) is 4.74 Å². The number of hydrogen-bond acceptors (Lipinski definition) is 4. The van der Waals surface area contributed by atoms with Crippen molar-refractivity contribution in [2.45, 2.75) is 6.92 Å². The van der Waals surface area contributed by atoms with Gasteiger partial charge in [-0.05, 0) is 19.1 Å². The fourth-order valence-corrected chi connectivity index (χ4v) is 1.56. The molecule has 86 valence electrons. The number of carbonyl (C=O) groups excluding carboxylic acids is 2. The Hall–Kier alpha value is -1.55. The summed E-state index contributed by atoms with van der Waals surface area (Å²) >= 11 is 5.94. The van der Waals surface area contributed by atoms with Gasteiger partial charge in [0, 0.05) is 5.56 Å². The summed E-state index contributed by atoms with van der Waals surface area (Å²) in [5, 5.41) is 0.0885. The molecular weight excluding hydrogens is 232 g/mol. The zero-order valence-corrected chi connectivity index (χ0v) is 9.71. The summed E-state index contributed by atoms with van der Waals surface area (Å²) < 4.78 is 9.77. The van der Waals surface area contributed by atoms with Crippen LogP contribution in [0.5, 0.6) is 5.75 Å². The van der Waals surface area contributed by atoms with Gasteiger partial charge in [-0.2, -0.15) is 0 Å². The molecule has 0 unspecified atom stereocenters. The van der Waals surface area contributed by atoms with E-state index in [4.69, 9.17) is 21.1 Å². The zero-order valence-electron chi connectivity index (χ0n) is 8.95. The molecule has 0 saturated heterocycles. The molecule has 0 saturated carbocycles. The van der Waals surface area contributed by atoms with Crippen LogP contribution in [0.1, 0.15) is 27.6 Å². The van der Waals surface area contributed by atoms with Crippen LogP contribution in [0.15, 0.2) is 12.1 Å². The van der Waals surface area contributed by atoms with E-state index in [-0.39, 0.29) is 22.8 Å². The van der Waals surface area contributed by atoms with Gasteiger partial charge in [-0.1, -0.05) is 11.6 Å². The van der Waals surface area contributed by atoms with Gasteiger partial charge in [0.1, 0.15) is 5.75 Å². The number of esters is 1. The highest BCUT2D eigenvalue weighted by Gasteiger charge is 2.19. The molecular formula is C11H11ClO4. The second kappa shape index (κ2) is 5.51. The number of hydrogen-bond donors (Lipinski definition) is 0. The Bertz CT molecular complexity index is 415. The fraction of sp³-hybridized carbons (Fsp3) is 0.273. The fourth-order valence-electron chi connectivity index (χ4n) is 1.24. The predicted molar refractivity (Wildman–Crippen MR) is 59.3 cm³/mol. The van der Waals surface area contributed by atoms with Crippen LogP contribution in [0.25, 0.3) is 0 Å². The summed E-state index contributed by atoms with van der Waals surface area (Å²) in [6.07, 6.45) is 0.553. The highest BCUT2D eigenvalue weighted by molar-refractivity contribution is 6.35. The zero-order chi connectivity index (χ0) is 12.1. The molecule has 5 heteroatoms. The van der Waals surface area contributed by atoms with E-state index in [0.29, 0.717) is 12.0 Å². The summed E-state index contributed by atoms with van der Waals surface area (Å²) in [5.74, 6) is -0.302. The summed E-state index contributed by atoms with van der Waals surface area (Å²) in [6.45, 7) is 1.89. The molecule has 0 aliphatic carbocycles. The molecule has 0 aliphatic heterocycles. The normalized spacial score (nSPS) is 9.69. The van der Waals surface area contributed by atoms with Crippen molar-refractivity contribution < 1.29 is 19.1 Å². The van der Waals surface area contributed by atoms with Gasteiger partial charge in [0.2, 0.25) is 0 Å². The lowest BCUT2D eigenvalue weighted by Crippen LogP contribution is -2.09. The topological polar surface area (TPSA) is 52.6 Å². The van der Waals surface area contributed by atoms with Crippen molar-refractivity contribution in [2.24, 2.45) is 0 Å². The minimum atomic E-state index is -0.631. The third-order valence-electron chi connectivity index (χ3n) is 1.97. The van der Waals surface area contributed by atoms with E-state index >= 15 is 0 Å². The van der Waals surface area contributed by atoms with Gasteiger partial charge in [-0.3, -0.25) is 4.79 Å². The molecule has 16 heavy (non-hydrogen) atoms. The second-order valence-corrected chi connectivity index (χ2v) is 3.26. The van der Waals surface area contributed by atoms with Gasteiger partial charge < -0.3 is 9.47 Å². The van der Waals surface area contributed by atoms with E-state index in [1.54, 1.807) is 6.92 Å². The van der Waals surface area contributed by atoms with Crippen molar-refractivity contribution in [1.29, 1.82) is 0 Å². The van der Waals surface area contributed by atoms with E-state index in [1.807, 2.05) is 0 Å². The van der Waals surface area contributed by atoms with Crippen LogP contribution in [-0.4, -0.2) is 26.0 Å². The molecule has 0 amide bonds. The van der Waals surface area contributed by atoms with Crippen molar-refractivity contribution in [2.75, 3.05) is 13.7 Å². The molecule has 0 N–H and O–H groups in total. The Morgan fingerprint density at radius 2 is 2.19 bits per heavy atom. The maximum atomic E-state index is 11.6. The standard InChI is InChI=1S/C11H11ClO4/c1-3-16-11(14)9-7(6-13)4-5-8(15-2)10(9)12/h4-6H,3H2,1-2H3. The maximum absolute atomic E-state index is 11.6. The van der Waals surface area contributed by atoms with Crippen molar-refractivity contribution in [3.8, 4) is 5.75 Å². The van der Waals surface area contributed by atoms with Crippen LogP contribution in [0.4, 0.5) is 0 Å². The Morgan fingerprint density at radius 1 is 1.50 bits per heavy atom. The molecule has 4 nitrogen and oxygen atoms in total. The van der Waals surface area contributed by atoms with E-state index in [0.717, 1.165) is 0 Å². The first-order chi connectivity index (χ1) is 7.65. The minimum absolute atomic E-state index is 0.0397. The van der Waals surface area contributed by atoms with Crippen molar-refractivity contribution in [3.05, 3.63) is 28.3 Å². The molecule has 0 spiro atoms. The van der Waals surface area contributed by atoms with Crippen LogP contribution in [0.3, 0.4) is 0 Å². The second-order valence-electron chi connectivity index (χ2n) is 2.88. The van der Waals surface area contributed by atoms with E-state index in [1.165, 1.54) is 19.2 Å². The molecule has 0 heterocycles. The molecule has 0 radical (unpaired) electrons. The van der Waals surface area contributed by atoms with E-state index in [9.17, 15) is 9.59 Å². The monoisotopic (exact) mass is 242 g/mol. The Morgan fingerprint density at radius 3 is 2.69 bits per heavy atom. The van der Waals surface area contributed by atoms with Gasteiger partial charge in [0.05, 0.1) is 24.3 Å². The summed E-state index contributed by atoms with van der Waals surface area (Å²) in [4.78, 5) is 22.4. The number of ether oxygens (including phenoxy) is 2. The molecule has 0 atom stereocenters. The van der Waals surface area contributed by atoms with Crippen LogP contribution in [0.2, 0.25) is 5.02 Å². The van der Waals surface area contributed by atoms with Crippen molar-refractivity contribution >= 4 is 23.9 Å². The predicted octanol–water partition coefficient (Wildman–Crippen LogP) is 2.34. The van der Waals surface area contributed by atoms with Gasteiger partial charge >= 0.3 is 5.97 Å². The number of rotatable bonds is 4. The lowest BCUT2D eigenvalue weighted by molar-refractivity contribution is 0.0524. The van der Waals surface area contributed by atoms with Crippen LogP contribution in [0, 0.1) is 0 Å². The molecule has 0 aliphatic rings. The number of benzene rings is 1. The van der Waals surface area contributed by atoms with Gasteiger partial charge in [-0.15, -0.1) is 0 Å². The largest absolute Gasteiger partial charge is 0.495 e. The lowest BCUT2D eigenvalue weighted by Gasteiger charge is -2.09. The Balaban J connectivity index is 3.31. The third-order valence-corrected chi connectivity index (χ3v) is 2.34. The summed E-state index contributed by atoms with van der Waals surface area (Å²) in [5.41, 5.74) is 0.224. The number of carbonyl (C=O) groups is 2. The van der Waals surface area contributed by atoms with Crippen molar-refractivity contribution in [3.63, 3.8) is 0 Å². The number of halogens is 1. The average molecular weight is 243 g/mol. The number of aldehydes is 1. The Kier molecular flexibility index (Phi) is 4.31. The van der Waals surface area contributed by atoms with Gasteiger partial charge in [0.25, 0.3) is 0 Å². The van der Waals surface area contributed by atoms with Crippen LogP contribution >= 0.6 is 11.6 Å². The lowest BCUT2D eigenvalue weighted by atomic mass is 10.1. The molecule has 0 bridgehead atoms. The van der Waals surface area contributed by atoms with Crippen molar-refractivity contribution in [1.82, 2.24) is 0 Å². The molecule has 1 rings (SSSR count). The quantitative estimate of drug-likeness (QED) is 0.601. The molecule has 0 fully saturated rings. The van der Waals surface area contributed by atoms with E-state index < -0.39 is 5.97 Å². The van der Waals surface area contributed by atoms with E-state index in [2.05, 4.69) is 0 Å². The summed E-state index contributed by atoms with van der Waals surface area (Å²) in [7, 11) is 1.43. The van der Waals surface area contributed by atoms with Crippen LogP contribution < -0.4 is 4.74 Å². The third kappa shape index (κ3) is 2.33. The highest BCUT2D eigenvalue weighted by Crippen LogP contribution is 2.30. The van der Waals surface area contributed by atoms with Gasteiger partial charge in [-0.25, -0.2) is 4.79 Å². The molecule has 1 aromatic rings. The Labute approximate surface area is 98.1 Å². The first-order valence-corrected chi connectivity index (χ1v) is 5.02. The summed E-state index contributed by atoms with van der Waals surface area (Å²) in [6, 6.07) is 2.98. The van der Waals surface area contributed by atoms with Gasteiger partial charge in [0.15, 0.2) is 6.29 Å².